The maximum atomic E-state index is 13.2. The van der Waals surface area contributed by atoms with Crippen molar-refractivity contribution in [3.63, 3.8) is 0 Å². The number of hydrogen-bond donors (Lipinski definition) is 0. The Hall–Kier alpha value is -2.38. The molecule has 0 aromatic carbocycles. The van der Waals surface area contributed by atoms with Crippen LogP contribution in [-0.4, -0.2) is 53.6 Å². The monoisotopic (exact) mass is 423 g/mol. The van der Waals surface area contributed by atoms with Crippen LogP contribution in [0.1, 0.15) is 68.2 Å². The van der Waals surface area contributed by atoms with E-state index in [1.165, 1.54) is 12.0 Å². The summed E-state index contributed by atoms with van der Waals surface area (Å²) in [5, 5.41) is 0. The standard InChI is InChI=1S/C22H33NO7/c1-19(2,3)29-16(25)21(7)10-13-15(14(24)11-21)22(8,17(26)28-9)12-23(13)18(27)30-20(4,5)6/h10-12H2,1-9H3/t21-,22-/m1/s1. The Labute approximate surface area is 177 Å². The van der Waals surface area contributed by atoms with Gasteiger partial charge in [-0.2, -0.15) is 0 Å². The molecule has 1 amide bonds. The molecule has 1 aliphatic heterocycles. The second kappa shape index (κ2) is 7.39. The van der Waals surface area contributed by atoms with Gasteiger partial charge in [-0.3, -0.25) is 19.3 Å². The molecule has 1 aliphatic carbocycles. The van der Waals surface area contributed by atoms with Crippen molar-refractivity contribution >= 4 is 23.8 Å². The molecule has 0 bridgehead atoms. The Morgan fingerprint density at radius 3 is 1.90 bits per heavy atom. The number of Topliss-reactive ketones (excluding diaryl/α,β-unsaturated/α-hetero) is 1. The van der Waals surface area contributed by atoms with Gasteiger partial charge in [-0.05, 0) is 55.4 Å². The van der Waals surface area contributed by atoms with Crippen LogP contribution in [-0.2, 0) is 28.6 Å². The molecule has 0 aromatic rings. The Balaban J connectivity index is 2.53. The predicted molar refractivity (Wildman–Crippen MR) is 108 cm³/mol. The molecule has 0 radical (unpaired) electrons. The first-order valence-electron chi connectivity index (χ1n) is 10.0. The number of ether oxygens (including phenoxy) is 3. The molecule has 0 aromatic heterocycles. The van der Waals surface area contributed by atoms with Crippen LogP contribution in [0.3, 0.4) is 0 Å². The van der Waals surface area contributed by atoms with Crippen LogP contribution in [0, 0.1) is 10.8 Å². The highest BCUT2D eigenvalue weighted by atomic mass is 16.6. The zero-order chi connectivity index (χ0) is 23.3. The fourth-order valence-corrected chi connectivity index (χ4v) is 3.90. The highest BCUT2D eigenvalue weighted by molar-refractivity contribution is 6.07. The zero-order valence-corrected chi connectivity index (χ0v) is 19.4. The molecule has 30 heavy (non-hydrogen) atoms. The van der Waals surface area contributed by atoms with Crippen molar-refractivity contribution in [2.45, 2.75) is 79.4 Å². The summed E-state index contributed by atoms with van der Waals surface area (Å²) in [7, 11) is 1.24. The van der Waals surface area contributed by atoms with Crippen LogP contribution in [0.25, 0.3) is 0 Å². The molecule has 0 unspecified atom stereocenters. The Kier molecular flexibility index (Phi) is 5.89. The normalized spacial score (nSPS) is 27.0. The maximum absolute atomic E-state index is 13.2. The minimum Gasteiger partial charge on any atom is -0.468 e. The second-order valence-electron chi connectivity index (χ2n) is 10.6. The van der Waals surface area contributed by atoms with Crippen molar-refractivity contribution in [1.82, 2.24) is 4.90 Å². The van der Waals surface area contributed by atoms with Crippen molar-refractivity contribution in [3.05, 3.63) is 11.3 Å². The van der Waals surface area contributed by atoms with Gasteiger partial charge in [0.15, 0.2) is 5.78 Å². The highest BCUT2D eigenvalue weighted by Gasteiger charge is 2.58. The smallest absolute Gasteiger partial charge is 0.414 e. The summed E-state index contributed by atoms with van der Waals surface area (Å²) in [6.45, 7) is 13.6. The predicted octanol–water partition coefficient (Wildman–Crippen LogP) is 3.38. The fraction of sp³-hybridized carbons (Fsp3) is 0.727. The first-order chi connectivity index (χ1) is 13.4. The van der Waals surface area contributed by atoms with E-state index in [1.54, 1.807) is 55.4 Å². The van der Waals surface area contributed by atoms with E-state index in [1.807, 2.05) is 0 Å². The van der Waals surface area contributed by atoms with Gasteiger partial charge in [-0.1, -0.05) is 0 Å². The molecule has 0 saturated carbocycles. The van der Waals surface area contributed by atoms with Gasteiger partial charge in [0.05, 0.1) is 12.5 Å². The molecule has 0 spiro atoms. The first kappa shape index (κ1) is 23.9. The number of carbonyl (C=O) groups is 4. The lowest BCUT2D eigenvalue weighted by Gasteiger charge is -2.36. The van der Waals surface area contributed by atoms with Gasteiger partial charge < -0.3 is 14.2 Å². The van der Waals surface area contributed by atoms with Crippen molar-refractivity contribution < 1.29 is 33.4 Å². The summed E-state index contributed by atoms with van der Waals surface area (Å²) < 4.78 is 16.0. The van der Waals surface area contributed by atoms with Crippen LogP contribution < -0.4 is 0 Å². The number of esters is 2. The summed E-state index contributed by atoms with van der Waals surface area (Å²) in [5.74, 6) is -1.51. The molecule has 2 atom stereocenters. The van der Waals surface area contributed by atoms with Crippen molar-refractivity contribution in [1.29, 1.82) is 0 Å². The third-order valence-electron chi connectivity index (χ3n) is 5.17. The van der Waals surface area contributed by atoms with Gasteiger partial charge in [-0.15, -0.1) is 0 Å². The van der Waals surface area contributed by atoms with Gasteiger partial charge in [-0.25, -0.2) is 4.79 Å². The number of ketones is 1. The molecule has 8 heteroatoms. The Bertz CT molecular complexity index is 814. The maximum Gasteiger partial charge on any atom is 0.414 e. The van der Waals surface area contributed by atoms with E-state index in [0.29, 0.717) is 5.70 Å². The minimum absolute atomic E-state index is 0.0782. The molecule has 1 heterocycles. The summed E-state index contributed by atoms with van der Waals surface area (Å²) in [6.07, 6.45) is -0.714. The SMILES string of the molecule is COC(=O)[C@]1(C)CN(C(=O)OC(C)(C)C)C2=C1C(=O)C[C@](C)(C(=O)OC(C)(C)C)C2. The number of nitrogens with zero attached hydrogens (tertiary/aromatic N) is 1. The molecule has 0 N–H and O–H groups in total. The van der Waals surface area contributed by atoms with Gasteiger partial charge in [0.2, 0.25) is 0 Å². The molecule has 8 nitrogen and oxygen atoms in total. The molecular formula is C22H33NO7. The van der Waals surface area contributed by atoms with Crippen molar-refractivity contribution in [2.75, 3.05) is 13.7 Å². The quantitative estimate of drug-likeness (QED) is 0.496. The van der Waals surface area contributed by atoms with E-state index >= 15 is 0 Å². The summed E-state index contributed by atoms with van der Waals surface area (Å²) >= 11 is 0. The van der Waals surface area contributed by atoms with Crippen LogP contribution in [0.2, 0.25) is 0 Å². The van der Waals surface area contributed by atoms with Crippen molar-refractivity contribution in [2.24, 2.45) is 10.8 Å². The van der Waals surface area contributed by atoms with Gasteiger partial charge in [0.25, 0.3) is 0 Å². The Morgan fingerprint density at radius 1 is 0.900 bits per heavy atom. The lowest BCUT2D eigenvalue weighted by atomic mass is 9.69. The zero-order valence-electron chi connectivity index (χ0n) is 19.4. The summed E-state index contributed by atoms with van der Waals surface area (Å²) in [5.41, 5.74) is -3.45. The third kappa shape index (κ3) is 4.52. The van der Waals surface area contributed by atoms with Crippen LogP contribution >= 0.6 is 0 Å². The number of hydrogen-bond acceptors (Lipinski definition) is 7. The number of methoxy groups -OCH3 is 1. The number of rotatable bonds is 2. The van der Waals surface area contributed by atoms with Crippen LogP contribution in [0.4, 0.5) is 4.79 Å². The minimum atomic E-state index is -1.33. The molecular weight excluding hydrogens is 390 g/mol. The molecule has 168 valence electrons. The molecule has 0 fully saturated rings. The largest absolute Gasteiger partial charge is 0.468 e. The summed E-state index contributed by atoms with van der Waals surface area (Å²) in [6, 6.07) is 0. The fourth-order valence-electron chi connectivity index (χ4n) is 3.90. The van der Waals surface area contributed by atoms with Crippen LogP contribution in [0.5, 0.6) is 0 Å². The van der Waals surface area contributed by atoms with E-state index in [4.69, 9.17) is 14.2 Å². The highest BCUT2D eigenvalue weighted by Crippen LogP contribution is 2.51. The number of allylic oxidation sites excluding steroid dienone is 1. The first-order valence-corrected chi connectivity index (χ1v) is 10.0. The van der Waals surface area contributed by atoms with E-state index < -0.39 is 40.1 Å². The van der Waals surface area contributed by atoms with Crippen molar-refractivity contribution in [3.8, 4) is 0 Å². The summed E-state index contributed by atoms with van der Waals surface area (Å²) in [4.78, 5) is 52.9. The second-order valence-corrected chi connectivity index (χ2v) is 10.6. The molecule has 2 rings (SSSR count). The van der Waals surface area contributed by atoms with Gasteiger partial charge in [0.1, 0.15) is 16.6 Å². The average Bonchev–Trinajstić information content (AvgIpc) is 2.85. The van der Waals surface area contributed by atoms with E-state index in [9.17, 15) is 19.2 Å². The number of carbonyl (C=O) groups excluding carboxylic acids is 4. The lowest BCUT2D eigenvalue weighted by Crippen LogP contribution is -2.43. The molecule has 2 aliphatic rings. The number of amides is 1. The van der Waals surface area contributed by atoms with Gasteiger partial charge >= 0.3 is 18.0 Å². The van der Waals surface area contributed by atoms with E-state index in [-0.39, 0.29) is 30.7 Å². The Morgan fingerprint density at radius 2 is 1.43 bits per heavy atom. The average molecular weight is 424 g/mol. The van der Waals surface area contributed by atoms with E-state index in [0.717, 1.165) is 0 Å². The van der Waals surface area contributed by atoms with E-state index in [2.05, 4.69) is 0 Å². The van der Waals surface area contributed by atoms with Gasteiger partial charge in [0, 0.05) is 30.7 Å². The topological polar surface area (TPSA) is 99.2 Å². The molecule has 0 saturated heterocycles. The van der Waals surface area contributed by atoms with Crippen LogP contribution in [0.15, 0.2) is 11.3 Å². The lowest BCUT2D eigenvalue weighted by molar-refractivity contribution is -0.168. The third-order valence-corrected chi connectivity index (χ3v) is 5.17.